The molecule has 1 aliphatic rings. The van der Waals surface area contributed by atoms with Crippen molar-refractivity contribution in [3.63, 3.8) is 0 Å². The van der Waals surface area contributed by atoms with Gasteiger partial charge in [-0.05, 0) is 29.8 Å². The highest BCUT2D eigenvalue weighted by Crippen LogP contribution is 2.49. The lowest BCUT2D eigenvalue weighted by Crippen LogP contribution is -2.17. The van der Waals surface area contributed by atoms with Crippen LogP contribution < -0.4 is 14.5 Å². The number of anilines is 2. The SMILES string of the molecule is CN(C)c1ccc2c(c1)Oc1cc(N(C)C)ccc1C2c1ccc(C(=O)O)cc1C(=O)O. The molecule has 0 saturated carbocycles. The van der Waals surface area contributed by atoms with Crippen LogP contribution in [0.15, 0.2) is 54.6 Å². The Bertz CT molecular complexity index is 1180. The molecule has 1 aliphatic heterocycles. The van der Waals surface area contributed by atoms with Gasteiger partial charge < -0.3 is 24.7 Å². The van der Waals surface area contributed by atoms with Gasteiger partial charge in [-0.3, -0.25) is 0 Å². The molecule has 0 bridgehead atoms. The Kier molecular flexibility index (Phi) is 5.26. The maximum absolute atomic E-state index is 12.1. The zero-order valence-electron chi connectivity index (χ0n) is 18.3. The van der Waals surface area contributed by atoms with E-state index in [1.807, 2.05) is 74.4 Å². The zero-order chi connectivity index (χ0) is 23.2. The van der Waals surface area contributed by atoms with Crippen LogP contribution in [-0.4, -0.2) is 50.3 Å². The quantitative estimate of drug-likeness (QED) is 0.480. The van der Waals surface area contributed by atoms with Crippen molar-refractivity contribution in [2.75, 3.05) is 38.0 Å². The summed E-state index contributed by atoms with van der Waals surface area (Å²) in [5.41, 5.74) is 3.97. The van der Waals surface area contributed by atoms with Crippen LogP contribution in [0, 0.1) is 0 Å². The van der Waals surface area contributed by atoms with Crippen LogP contribution in [0.4, 0.5) is 11.4 Å². The fourth-order valence-corrected chi connectivity index (χ4v) is 4.00. The number of hydrogen-bond acceptors (Lipinski definition) is 5. The molecule has 0 aromatic heterocycles. The van der Waals surface area contributed by atoms with E-state index in [9.17, 15) is 19.8 Å². The second-order valence-corrected chi connectivity index (χ2v) is 8.18. The number of benzene rings is 3. The molecule has 7 heteroatoms. The summed E-state index contributed by atoms with van der Waals surface area (Å²) in [5.74, 6) is -1.48. The minimum atomic E-state index is -1.17. The summed E-state index contributed by atoms with van der Waals surface area (Å²) >= 11 is 0. The number of nitrogens with zero attached hydrogens (tertiary/aromatic N) is 2. The van der Waals surface area contributed by atoms with Crippen LogP contribution in [0.3, 0.4) is 0 Å². The first-order valence-electron chi connectivity index (χ1n) is 10.1. The first-order valence-corrected chi connectivity index (χ1v) is 10.1. The molecule has 0 spiro atoms. The molecular weight excluding hydrogens is 408 g/mol. The molecule has 0 fully saturated rings. The standard InChI is InChI=1S/C25H24N2O5/c1-26(2)15-6-9-18-21(12-15)32-22-13-16(27(3)4)7-10-19(22)23(18)17-8-5-14(24(28)29)11-20(17)25(30)31/h5-13,23H,1-4H3,(H,28,29)(H,30,31). The summed E-state index contributed by atoms with van der Waals surface area (Å²) in [7, 11) is 7.75. The van der Waals surface area contributed by atoms with Crippen molar-refractivity contribution in [2.45, 2.75) is 5.92 Å². The van der Waals surface area contributed by atoms with Crippen molar-refractivity contribution in [2.24, 2.45) is 0 Å². The van der Waals surface area contributed by atoms with Gasteiger partial charge in [-0.1, -0.05) is 18.2 Å². The number of carbonyl (C=O) groups is 2. The van der Waals surface area contributed by atoms with Gasteiger partial charge in [0.2, 0.25) is 0 Å². The van der Waals surface area contributed by atoms with Crippen molar-refractivity contribution < 1.29 is 24.5 Å². The average molecular weight is 432 g/mol. The second-order valence-electron chi connectivity index (χ2n) is 8.18. The number of hydrogen-bond donors (Lipinski definition) is 2. The van der Waals surface area contributed by atoms with E-state index in [2.05, 4.69) is 0 Å². The lowest BCUT2D eigenvalue weighted by atomic mass is 9.80. The van der Waals surface area contributed by atoms with E-state index in [4.69, 9.17) is 4.74 Å². The third-order valence-electron chi connectivity index (χ3n) is 5.71. The van der Waals surface area contributed by atoms with Crippen molar-refractivity contribution in [1.29, 1.82) is 0 Å². The average Bonchev–Trinajstić information content (AvgIpc) is 2.75. The smallest absolute Gasteiger partial charge is 0.336 e. The molecule has 3 aromatic rings. The number of carboxylic acids is 2. The Morgan fingerprint density at radius 1 is 0.719 bits per heavy atom. The molecular formula is C25H24N2O5. The second kappa shape index (κ2) is 7.92. The van der Waals surface area contributed by atoms with Gasteiger partial charge in [0.05, 0.1) is 11.1 Å². The summed E-state index contributed by atoms with van der Waals surface area (Å²) in [5, 5.41) is 19.2. The predicted molar refractivity (Wildman–Crippen MR) is 123 cm³/mol. The summed E-state index contributed by atoms with van der Waals surface area (Å²) in [6.07, 6.45) is 0. The molecule has 164 valence electrons. The normalized spacial score (nSPS) is 12.4. The van der Waals surface area contributed by atoms with E-state index in [0.29, 0.717) is 17.1 Å². The topological polar surface area (TPSA) is 90.3 Å². The monoisotopic (exact) mass is 432 g/mol. The highest BCUT2D eigenvalue weighted by Gasteiger charge is 2.32. The molecule has 3 aromatic carbocycles. The Morgan fingerprint density at radius 2 is 1.22 bits per heavy atom. The zero-order valence-corrected chi connectivity index (χ0v) is 18.3. The molecule has 2 N–H and O–H groups in total. The molecule has 0 aliphatic carbocycles. The molecule has 32 heavy (non-hydrogen) atoms. The Morgan fingerprint density at radius 3 is 1.66 bits per heavy atom. The van der Waals surface area contributed by atoms with E-state index in [1.54, 1.807) is 6.07 Å². The van der Waals surface area contributed by atoms with E-state index < -0.39 is 17.9 Å². The Labute approximate surface area is 186 Å². The van der Waals surface area contributed by atoms with Gasteiger partial charge in [-0.15, -0.1) is 0 Å². The van der Waals surface area contributed by atoms with Crippen molar-refractivity contribution in [3.05, 3.63) is 82.4 Å². The maximum atomic E-state index is 12.1. The van der Waals surface area contributed by atoms with Gasteiger partial charge in [0, 0.05) is 68.7 Å². The Balaban J connectivity index is 1.98. The molecule has 7 nitrogen and oxygen atoms in total. The third kappa shape index (κ3) is 3.62. The van der Waals surface area contributed by atoms with E-state index in [0.717, 1.165) is 22.5 Å². The van der Waals surface area contributed by atoms with Crippen LogP contribution >= 0.6 is 0 Å². The number of fused-ring (bicyclic) bond motifs is 2. The van der Waals surface area contributed by atoms with Crippen LogP contribution in [0.5, 0.6) is 11.5 Å². The number of aromatic carboxylic acids is 2. The van der Waals surface area contributed by atoms with E-state index in [1.165, 1.54) is 12.1 Å². The Hall–Kier alpha value is -4.00. The molecule has 4 rings (SSSR count). The number of carboxylic acid groups (broad SMARTS) is 2. The van der Waals surface area contributed by atoms with Gasteiger partial charge in [0.25, 0.3) is 0 Å². The minimum absolute atomic E-state index is 0.0397. The van der Waals surface area contributed by atoms with Gasteiger partial charge in [0.15, 0.2) is 0 Å². The number of ether oxygens (including phenoxy) is 1. The van der Waals surface area contributed by atoms with E-state index in [-0.39, 0.29) is 11.1 Å². The molecule has 0 unspecified atom stereocenters. The number of rotatable bonds is 5. The lowest BCUT2D eigenvalue weighted by molar-refractivity contribution is 0.0695. The van der Waals surface area contributed by atoms with Gasteiger partial charge in [-0.25, -0.2) is 9.59 Å². The van der Waals surface area contributed by atoms with Gasteiger partial charge >= 0.3 is 11.9 Å². The molecule has 0 saturated heterocycles. The van der Waals surface area contributed by atoms with Crippen LogP contribution in [0.2, 0.25) is 0 Å². The summed E-state index contributed by atoms with van der Waals surface area (Å²) in [4.78, 5) is 27.5. The van der Waals surface area contributed by atoms with Gasteiger partial charge in [0.1, 0.15) is 11.5 Å². The molecule has 0 amide bonds. The van der Waals surface area contributed by atoms with Crippen LogP contribution in [-0.2, 0) is 0 Å². The van der Waals surface area contributed by atoms with Crippen LogP contribution in [0.1, 0.15) is 43.3 Å². The van der Waals surface area contributed by atoms with Crippen molar-refractivity contribution in [3.8, 4) is 11.5 Å². The summed E-state index contributed by atoms with van der Waals surface area (Å²) in [6.45, 7) is 0. The fraction of sp³-hybridized carbons (Fsp3) is 0.200. The van der Waals surface area contributed by atoms with Crippen LogP contribution in [0.25, 0.3) is 0 Å². The minimum Gasteiger partial charge on any atom is -0.478 e. The van der Waals surface area contributed by atoms with Crippen molar-refractivity contribution in [1.82, 2.24) is 0 Å². The van der Waals surface area contributed by atoms with Crippen molar-refractivity contribution >= 4 is 23.3 Å². The molecule has 1 heterocycles. The summed E-state index contributed by atoms with van der Waals surface area (Å²) < 4.78 is 6.28. The lowest BCUT2D eigenvalue weighted by Gasteiger charge is -2.31. The summed E-state index contributed by atoms with van der Waals surface area (Å²) in [6, 6.07) is 15.9. The third-order valence-corrected chi connectivity index (χ3v) is 5.71. The highest BCUT2D eigenvalue weighted by atomic mass is 16.5. The maximum Gasteiger partial charge on any atom is 0.336 e. The first kappa shape index (κ1) is 21.2. The molecule has 0 atom stereocenters. The largest absolute Gasteiger partial charge is 0.478 e. The van der Waals surface area contributed by atoms with Gasteiger partial charge in [-0.2, -0.15) is 0 Å². The fourth-order valence-electron chi connectivity index (χ4n) is 4.00. The predicted octanol–water partition coefficient (Wildman–Crippen LogP) is 4.50. The first-order chi connectivity index (χ1) is 15.2. The molecule has 0 radical (unpaired) electrons. The highest BCUT2D eigenvalue weighted by molar-refractivity contribution is 5.95. The van der Waals surface area contributed by atoms with E-state index >= 15 is 0 Å².